The standard InChI is InChI=1S/C8H17Cl2NO/c1-7(12-3)4-11-8(2,5-9)6-10/h7,11H,4-6H2,1-3H3. The second-order valence-electron chi connectivity index (χ2n) is 3.26. The number of ether oxygens (including phenoxy) is 1. The molecule has 12 heavy (non-hydrogen) atoms. The van der Waals surface area contributed by atoms with Crippen LogP contribution in [0, 0.1) is 0 Å². The maximum absolute atomic E-state index is 5.75. The van der Waals surface area contributed by atoms with Gasteiger partial charge in [-0.2, -0.15) is 0 Å². The third-order valence-corrected chi connectivity index (χ3v) is 2.99. The van der Waals surface area contributed by atoms with E-state index in [-0.39, 0.29) is 11.6 Å². The lowest BCUT2D eigenvalue weighted by Gasteiger charge is -2.27. The monoisotopic (exact) mass is 213 g/mol. The van der Waals surface area contributed by atoms with Crippen LogP contribution in [0.5, 0.6) is 0 Å². The number of nitrogens with one attached hydrogen (secondary N) is 1. The first-order valence-electron chi connectivity index (χ1n) is 3.97. The predicted octanol–water partition coefficient (Wildman–Crippen LogP) is 1.85. The van der Waals surface area contributed by atoms with Crippen LogP contribution in [0.25, 0.3) is 0 Å². The third kappa shape index (κ3) is 4.51. The van der Waals surface area contributed by atoms with Crippen LogP contribution in [0.4, 0.5) is 0 Å². The Morgan fingerprint density at radius 3 is 2.25 bits per heavy atom. The van der Waals surface area contributed by atoms with Gasteiger partial charge >= 0.3 is 0 Å². The summed E-state index contributed by atoms with van der Waals surface area (Å²) in [5.41, 5.74) is -0.185. The maximum Gasteiger partial charge on any atom is 0.0667 e. The van der Waals surface area contributed by atoms with Crippen LogP contribution in [-0.2, 0) is 4.74 Å². The van der Waals surface area contributed by atoms with Gasteiger partial charge in [-0.05, 0) is 13.8 Å². The molecular weight excluding hydrogens is 197 g/mol. The molecule has 74 valence electrons. The maximum atomic E-state index is 5.75. The van der Waals surface area contributed by atoms with E-state index in [1.54, 1.807) is 7.11 Å². The topological polar surface area (TPSA) is 21.3 Å². The number of alkyl halides is 2. The third-order valence-electron chi connectivity index (χ3n) is 1.81. The zero-order valence-electron chi connectivity index (χ0n) is 7.86. The molecule has 0 radical (unpaired) electrons. The highest BCUT2D eigenvalue weighted by Gasteiger charge is 2.21. The van der Waals surface area contributed by atoms with E-state index in [0.717, 1.165) is 6.54 Å². The van der Waals surface area contributed by atoms with Gasteiger partial charge in [0.15, 0.2) is 0 Å². The number of hydrogen-bond acceptors (Lipinski definition) is 2. The van der Waals surface area contributed by atoms with E-state index in [4.69, 9.17) is 27.9 Å². The molecule has 0 bridgehead atoms. The Balaban J connectivity index is 3.72. The van der Waals surface area contributed by atoms with Crippen molar-refractivity contribution in [1.82, 2.24) is 5.32 Å². The Morgan fingerprint density at radius 1 is 1.42 bits per heavy atom. The molecule has 0 saturated carbocycles. The Labute approximate surface area is 84.6 Å². The average molecular weight is 214 g/mol. The van der Waals surface area contributed by atoms with Crippen molar-refractivity contribution < 1.29 is 4.74 Å². The molecule has 4 heteroatoms. The first-order chi connectivity index (χ1) is 5.58. The van der Waals surface area contributed by atoms with E-state index in [9.17, 15) is 0 Å². The quantitative estimate of drug-likeness (QED) is 0.681. The van der Waals surface area contributed by atoms with Gasteiger partial charge in [0.05, 0.1) is 6.10 Å². The summed E-state index contributed by atoms with van der Waals surface area (Å²) in [7, 11) is 1.69. The van der Waals surface area contributed by atoms with Crippen LogP contribution >= 0.6 is 23.2 Å². The predicted molar refractivity (Wildman–Crippen MR) is 54.3 cm³/mol. The van der Waals surface area contributed by atoms with Crippen molar-refractivity contribution in [2.45, 2.75) is 25.5 Å². The summed E-state index contributed by atoms with van der Waals surface area (Å²) in [5, 5.41) is 3.26. The molecule has 0 heterocycles. The van der Waals surface area contributed by atoms with E-state index >= 15 is 0 Å². The fraction of sp³-hybridized carbons (Fsp3) is 1.00. The van der Waals surface area contributed by atoms with Crippen molar-refractivity contribution >= 4 is 23.2 Å². The minimum absolute atomic E-state index is 0.185. The molecular formula is C8H17Cl2NO. The molecule has 0 amide bonds. The van der Waals surface area contributed by atoms with Crippen LogP contribution in [0.3, 0.4) is 0 Å². The Hall–Kier alpha value is 0.500. The van der Waals surface area contributed by atoms with Crippen molar-refractivity contribution in [1.29, 1.82) is 0 Å². The molecule has 0 aliphatic heterocycles. The molecule has 0 aliphatic rings. The zero-order chi connectivity index (χ0) is 9.61. The van der Waals surface area contributed by atoms with Gasteiger partial charge in [0, 0.05) is 31.0 Å². The second kappa shape index (κ2) is 6.03. The molecule has 0 aromatic carbocycles. The molecule has 0 saturated heterocycles. The van der Waals surface area contributed by atoms with Crippen LogP contribution in [0.2, 0.25) is 0 Å². The fourth-order valence-electron chi connectivity index (χ4n) is 0.604. The first-order valence-corrected chi connectivity index (χ1v) is 5.04. The van der Waals surface area contributed by atoms with Gasteiger partial charge in [-0.1, -0.05) is 0 Å². The zero-order valence-corrected chi connectivity index (χ0v) is 9.37. The lowest BCUT2D eigenvalue weighted by molar-refractivity contribution is 0.111. The smallest absolute Gasteiger partial charge is 0.0667 e. The van der Waals surface area contributed by atoms with E-state index in [2.05, 4.69) is 5.32 Å². The molecule has 0 aromatic heterocycles. The Morgan fingerprint density at radius 2 is 1.92 bits per heavy atom. The minimum Gasteiger partial charge on any atom is -0.380 e. The SMILES string of the molecule is COC(C)CNC(C)(CCl)CCl. The van der Waals surface area contributed by atoms with Crippen LogP contribution in [-0.4, -0.2) is 37.1 Å². The fourth-order valence-corrected chi connectivity index (χ4v) is 1.08. The van der Waals surface area contributed by atoms with Gasteiger partial charge in [-0.25, -0.2) is 0 Å². The Kier molecular flexibility index (Phi) is 6.28. The van der Waals surface area contributed by atoms with Crippen molar-refractivity contribution in [3.63, 3.8) is 0 Å². The van der Waals surface area contributed by atoms with Crippen LogP contribution < -0.4 is 5.32 Å². The largest absolute Gasteiger partial charge is 0.380 e. The summed E-state index contributed by atoms with van der Waals surface area (Å²) in [5.74, 6) is 1.01. The van der Waals surface area contributed by atoms with Crippen molar-refractivity contribution in [3.05, 3.63) is 0 Å². The average Bonchev–Trinajstić information content (AvgIpc) is 2.13. The first kappa shape index (κ1) is 12.5. The highest BCUT2D eigenvalue weighted by molar-refractivity contribution is 6.22. The van der Waals surface area contributed by atoms with Gasteiger partial charge in [0.1, 0.15) is 0 Å². The summed E-state index contributed by atoms with van der Waals surface area (Å²) < 4.78 is 5.09. The molecule has 0 spiro atoms. The minimum atomic E-state index is -0.185. The summed E-state index contributed by atoms with van der Waals surface area (Å²) in [6.45, 7) is 4.76. The normalized spacial score (nSPS) is 14.8. The molecule has 0 aromatic rings. The highest BCUT2D eigenvalue weighted by Crippen LogP contribution is 2.08. The molecule has 2 nitrogen and oxygen atoms in total. The van der Waals surface area contributed by atoms with Crippen molar-refractivity contribution in [2.24, 2.45) is 0 Å². The molecule has 1 N–H and O–H groups in total. The summed E-state index contributed by atoms with van der Waals surface area (Å²) >= 11 is 11.5. The molecule has 0 aliphatic carbocycles. The number of hydrogen-bond donors (Lipinski definition) is 1. The second-order valence-corrected chi connectivity index (χ2v) is 3.79. The van der Waals surface area contributed by atoms with Crippen molar-refractivity contribution in [2.75, 3.05) is 25.4 Å². The van der Waals surface area contributed by atoms with E-state index in [1.165, 1.54) is 0 Å². The van der Waals surface area contributed by atoms with Gasteiger partial charge in [0.25, 0.3) is 0 Å². The van der Waals surface area contributed by atoms with Gasteiger partial charge in [-0.3, -0.25) is 0 Å². The molecule has 0 rings (SSSR count). The molecule has 0 fully saturated rings. The van der Waals surface area contributed by atoms with E-state index in [1.807, 2.05) is 13.8 Å². The Bertz CT molecular complexity index is 118. The highest BCUT2D eigenvalue weighted by atomic mass is 35.5. The number of rotatable bonds is 6. The van der Waals surface area contributed by atoms with Gasteiger partial charge < -0.3 is 10.1 Å². The lowest BCUT2D eigenvalue weighted by atomic mass is 10.1. The number of halogens is 2. The molecule has 1 atom stereocenters. The van der Waals surface area contributed by atoms with Crippen LogP contribution in [0.15, 0.2) is 0 Å². The van der Waals surface area contributed by atoms with Crippen molar-refractivity contribution in [3.8, 4) is 0 Å². The van der Waals surface area contributed by atoms with Gasteiger partial charge in [0.2, 0.25) is 0 Å². The van der Waals surface area contributed by atoms with Gasteiger partial charge in [-0.15, -0.1) is 23.2 Å². The summed E-state index contributed by atoms with van der Waals surface area (Å²) in [4.78, 5) is 0. The number of methoxy groups -OCH3 is 1. The summed E-state index contributed by atoms with van der Waals surface area (Å²) in [6, 6.07) is 0. The molecule has 1 unspecified atom stereocenters. The van der Waals surface area contributed by atoms with Crippen LogP contribution in [0.1, 0.15) is 13.8 Å². The summed E-state index contributed by atoms with van der Waals surface area (Å²) in [6.07, 6.45) is 0.191. The van der Waals surface area contributed by atoms with E-state index in [0.29, 0.717) is 11.8 Å². The lowest BCUT2D eigenvalue weighted by Crippen LogP contribution is -2.48. The van der Waals surface area contributed by atoms with E-state index < -0.39 is 0 Å².